The average Bonchev–Trinajstić information content (AvgIpc) is 2.75. The normalized spacial score (nSPS) is 15.3. The van der Waals surface area contributed by atoms with Gasteiger partial charge in [0, 0.05) is 16.3 Å². The topological polar surface area (TPSA) is 36.4 Å². The van der Waals surface area contributed by atoms with Crippen molar-refractivity contribution in [2.75, 3.05) is 5.32 Å². The van der Waals surface area contributed by atoms with E-state index in [1.807, 2.05) is 0 Å². The number of rotatable bonds is 4. The minimum absolute atomic E-state index is 0.408. The van der Waals surface area contributed by atoms with Crippen LogP contribution >= 0.6 is 24.0 Å². The van der Waals surface area contributed by atoms with E-state index in [4.69, 9.17) is 12.2 Å². The second-order valence-corrected chi connectivity index (χ2v) is 6.53. The van der Waals surface area contributed by atoms with Gasteiger partial charge in [0.2, 0.25) is 0 Å². The lowest BCUT2D eigenvalue weighted by atomic mass is 10.2. The number of thioether (sulfide) groups is 1. The molecule has 3 nitrogen and oxygen atoms in total. The van der Waals surface area contributed by atoms with Crippen molar-refractivity contribution in [2.24, 2.45) is 5.10 Å². The zero-order chi connectivity index (χ0) is 15.8. The van der Waals surface area contributed by atoms with Crippen LogP contribution in [-0.4, -0.2) is 16.6 Å². The van der Waals surface area contributed by atoms with Gasteiger partial charge in [-0.1, -0.05) is 24.6 Å². The fourth-order valence-corrected chi connectivity index (χ4v) is 2.92. The molecule has 1 aromatic rings. The first-order valence-corrected chi connectivity index (χ1v) is 8.59. The van der Waals surface area contributed by atoms with Crippen LogP contribution in [0.3, 0.4) is 0 Å². The first kappa shape index (κ1) is 17.1. The highest BCUT2D eigenvalue weighted by Crippen LogP contribution is 2.26. The molecule has 0 spiro atoms. The Morgan fingerprint density at radius 1 is 1.09 bits per heavy atom. The van der Waals surface area contributed by atoms with Crippen molar-refractivity contribution in [3.05, 3.63) is 24.3 Å². The number of anilines is 1. The zero-order valence-corrected chi connectivity index (χ0v) is 13.8. The Hall–Kier alpha value is -1.21. The lowest BCUT2D eigenvalue weighted by Gasteiger charge is -2.09. The Bertz CT molecular complexity index is 508. The molecule has 120 valence electrons. The summed E-state index contributed by atoms with van der Waals surface area (Å²) in [5.74, 6) is -2.41. The Morgan fingerprint density at radius 3 is 2.32 bits per heavy atom. The van der Waals surface area contributed by atoms with Gasteiger partial charge in [0.15, 0.2) is 5.11 Å². The molecule has 0 unspecified atom stereocenters. The number of thiocarbonyl (C=S) groups is 1. The van der Waals surface area contributed by atoms with Gasteiger partial charge in [0.1, 0.15) is 0 Å². The van der Waals surface area contributed by atoms with Gasteiger partial charge in [0.25, 0.3) is 5.76 Å². The van der Waals surface area contributed by atoms with Crippen LogP contribution < -0.4 is 10.7 Å². The average molecular weight is 343 g/mol. The minimum atomic E-state index is -2.41. The van der Waals surface area contributed by atoms with Crippen LogP contribution in [-0.2, 0) is 0 Å². The van der Waals surface area contributed by atoms with Crippen molar-refractivity contribution in [1.29, 1.82) is 0 Å². The summed E-state index contributed by atoms with van der Waals surface area (Å²) in [4.78, 5) is 0.526. The number of nitrogens with one attached hydrogen (secondary N) is 2. The van der Waals surface area contributed by atoms with Crippen molar-refractivity contribution in [3.63, 3.8) is 0 Å². The highest BCUT2D eigenvalue weighted by atomic mass is 32.2. The molecule has 1 aliphatic rings. The third-order valence-corrected chi connectivity index (χ3v) is 4.25. The van der Waals surface area contributed by atoms with Gasteiger partial charge in [-0.2, -0.15) is 13.9 Å². The number of benzene rings is 1. The van der Waals surface area contributed by atoms with Crippen molar-refractivity contribution >= 4 is 40.5 Å². The molecular weight excluding hydrogens is 324 g/mol. The maximum atomic E-state index is 12.2. The van der Waals surface area contributed by atoms with Gasteiger partial charge in [-0.3, -0.25) is 5.43 Å². The lowest BCUT2D eigenvalue weighted by Crippen LogP contribution is -2.25. The monoisotopic (exact) mass is 343 g/mol. The number of hydrogen-bond acceptors (Lipinski definition) is 3. The molecule has 0 aliphatic heterocycles. The molecule has 7 heteroatoms. The van der Waals surface area contributed by atoms with Crippen LogP contribution in [0.25, 0.3) is 0 Å². The maximum Gasteiger partial charge on any atom is 0.288 e. The van der Waals surface area contributed by atoms with E-state index >= 15 is 0 Å². The maximum absolute atomic E-state index is 12.2. The van der Waals surface area contributed by atoms with E-state index < -0.39 is 5.76 Å². The summed E-state index contributed by atoms with van der Waals surface area (Å²) >= 11 is 5.71. The molecule has 0 atom stereocenters. The molecule has 1 aromatic carbocycles. The van der Waals surface area contributed by atoms with E-state index in [9.17, 15) is 8.78 Å². The molecule has 0 saturated heterocycles. The van der Waals surface area contributed by atoms with Gasteiger partial charge in [-0.15, -0.1) is 0 Å². The summed E-state index contributed by atoms with van der Waals surface area (Å²) in [5, 5.41) is 7.76. The molecule has 2 rings (SSSR count). The van der Waals surface area contributed by atoms with E-state index in [0.717, 1.165) is 24.2 Å². The summed E-state index contributed by atoms with van der Waals surface area (Å²) in [6, 6.07) is 6.72. The molecule has 0 radical (unpaired) electrons. The Balaban J connectivity index is 1.82. The van der Waals surface area contributed by atoms with E-state index in [2.05, 4.69) is 15.8 Å². The van der Waals surface area contributed by atoms with Crippen molar-refractivity contribution in [2.45, 2.75) is 49.2 Å². The molecular formula is C15H19F2N3S2. The second kappa shape index (κ2) is 9.05. The highest BCUT2D eigenvalue weighted by Gasteiger charge is 2.07. The summed E-state index contributed by atoms with van der Waals surface area (Å²) in [5.41, 5.74) is 4.76. The quantitative estimate of drug-likeness (QED) is 0.349. The summed E-state index contributed by atoms with van der Waals surface area (Å²) in [6.07, 6.45) is 6.95. The molecule has 0 heterocycles. The summed E-state index contributed by atoms with van der Waals surface area (Å²) in [6.45, 7) is 0. The minimum Gasteiger partial charge on any atom is -0.331 e. The van der Waals surface area contributed by atoms with Gasteiger partial charge in [0.05, 0.1) is 0 Å². The van der Waals surface area contributed by atoms with E-state index in [1.54, 1.807) is 24.3 Å². The van der Waals surface area contributed by atoms with Crippen LogP contribution in [0.15, 0.2) is 34.3 Å². The highest BCUT2D eigenvalue weighted by molar-refractivity contribution is 7.99. The van der Waals surface area contributed by atoms with E-state index in [1.165, 1.54) is 25.7 Å². The number of halogens is 2. The molecule has 2 N–H and O–H groups in total. The van der Waals surface area contributed by atoms with Crippen LogP contribution in [0.4, 0.5) is 14.5 Å². The Morgan fingerprint density at radius 2 is 1.73 bits per heavy atom. The number of hydrazone groups is 1. The fraction of sp³-hybridized carbons (Fsp3) is 0.467. The lowest BCUT2D eigenvalue weighted by molar-refractivity contribution is 0.252. The van der Waals surface area contributed by atoms with Crippen molar-refractivity contribution in [3.8, 4) is 0 Å². The predicted octanol–water partition coefficient (Wildman–Crippen LogP) is 5.00. The third kappa shape index (κ3) is 6.27. The first-order chi connectivity index (χ1) is 10.6. The van der Waals surface area contributed by atoms with Gasteiger partial charge in [-0.25, -0.2) is 0 Å². The number of nitrogens with zero attached hydrogens (tertiary/aromatic N) is 1. The zero-order valence-electron chi connectivity index (χ0n) is 12.1. The molecule has 1 aliphatic carbocycles. The number of alkyl halides is 2. The predicted molar refractivity (Wildman–Crippen MR) is 92.8 cm³/mol. The van der Waals surface area contributed by atoms with Crippen molar-refractivity contribution < 1.29 is 8.78 Å². The second-order valence-electron chi connectivity index (χ2n) is 5.06. The van der Waals surface area contributed by atoms with Crippen LogP contribution in [0, 0.1) is 0 Å². The van der Waals surface area contributed by atoms with Gasteiger partial charge >= 0.3 is 0 Å². The Kier molecular flexibility index (Phi) is 7.05. The van der Waals surface area contributed by atoms with Crippen molar-refractivity contribution in [1.82, 2.24) is 5.43 Å². The number of hydrogen-bond donors (Lipinski definition) is 2. The largest absolute Gasteiger partial charge is 0.331 e. The molecule has 0 amide bonds. The van der Waals surface area contributed by atoms with E-state index in [0.29, 0.717) is 21.8 Å². The third-order valence-electron chi connectivity index (χ3n) is 3.33. The van der Waals surface area contributed by atoms with Gasteiger partial charge < -0.3 is 5.32 Å². The molecule has 0 aromatic heterocycles. The van der Waals surface area contributed by atoms with Crippen LogP contribution in [0.5, 0.6) is 0 Å². The molecule has 1 fully saturated rings. The molecule has 22 heavy (non-hydrogen) atoms. The van der Waals surface area contributed by atoms with Crippen LogP contribution in [0.2, 0.25) is 0 Å². The Labute approximate surface area is 138 Å². The van der Waals surface area contributed by atoms with Gasteiger partial charge in [-0.05, 0) is 62.2 Å². The standard InChI is InChI=1S/C15H19F2N3S2/c16-14(17)22-13-9-7-11(8-10-13)18-15(21)20-19-12-5-3-1-2-4-6-12/h7-10,14H,1-6H2,(H2,18,20,21). The van der Waals surface area contributed by atoms with E-state index in [-0.39, 0.29) is 0 Å². The first-order valence-electron chi connectivity index (χ1n) is 7.31. The summed E-state index contributed by atoms with van der Waals surface area (Å²) < 4.78 is 24.5. The molecule has 1 saturated carbocycles. The fourth-order valence-electron chi connectivity index (χ4n) is 2.26. The van der Waals surface area contributed by atoms with Crippen LogP contribution in [0.1, 0.15) is 38.5 Å². The smallest absolute Gasteiger partial charge is 0.288 e. The molecule has 0 bridgehead atoms. The SMILES string of the molecule is FC(F)Sc1ccc(NC(=S)NN=C2CCCCCC2)cc1. The summed E-state index contributed by atoms with van der Waals surface area (Å²) in [7, 11) is 0.